The summed E-state index contributed by atoms with van der Waals surface area (Å²) < 4.78 is 19.1. The smallest absolute Gasteiger partial charge is 0.410 e. The molecule has 2 heterocycles. The summed E-state index contributed by atoms with van der Waals surface area (Å²) in [6.45, 7) is 6.86. The van der Waals surface area contributed by atoms with E-state index in [0.29, 0.717) is 25.4 Å². The number of anilines is 1. The summed E-state index contributed by atoms with van der Waals surface area (Å²) in [6.07, 6.45) is 2.04. The van der Waals surface area contributed by atoms with Crippen molar-refractivity contribution in [3.8, 4) is 0 Å². The third kappa shape index (κ3) is 5.20. The lowest BCUT2D eigenvalue weighted by Crippen LogP contribution is -2.46. The molecule has 28 heavy (non-hydrogen) atoms. The van der Waals surface area contributed by atoms with E-state index in [-0.39, 0.29) is 23.7 Å². The fourth-order valence-electron chi connectivity index (χ4n) is 3.66. The molecule has 3 rings (SSSR count). The molecule has 2 aliphatic heterocycles. The van der Waals surface area contributed by atoms with Gasteiger partial charge in [-0.1, -0.05) is 12.1 Å². The van der Waals surface area contributed by atoms with Crippen molar-refractivity contribution >= 4 is 17.7 Å². The largest absolute Gasteiger partial charge is 0.444 e. The number of rotatable bonds is 3. The van der Waals surface area contributed by atoms with Crippen LogP contribution in [0.1, 0.15) is 40.0 Å². The zero-order valence-corrected chi connectivity index (χ0v) is 16.6. The summed E-state index contributed by atoms with van der Waals surface area (Å²) in [5.41, 5.74) is 5.91. The van der Waals surface area contributed by atoms with Crippen LogP contribution in [0.4, 0.5) is 14.9 Å². The number of hydrogen-bond acceptors (Lipinski definition) is 5. The number of ether oxygens (including phenoxy) is 1. The second-order valence-corrected chi connectivity index (χ2v) is 8.46. The number of hydrazine groups is 1. The number of carbonyl (C=O) groups excluding carboxylic acids is 2. The second kappa shape index (κ2) is 8.45. The molecule has 0 aliphatic carbocycles. The molecule has 1 aromatic rings. The van der Waals surface area contributed by atoms with Gasteiger partial charge in [-0.3, -0.25) is 10.2 Å². The van der Waals surface area contributed by atoms with Crippen LogP contribution in [-0.2, 0) is 9.53 Å². The van der Waals surface area contributed by atoms with E-state index in [1.165, 1.54) is 6.07 Å². The van der Waals surface area contributed by atoms with Crippen LogP contribution in [0.5, 0.6) is 0 Å². The van der Waals surface area contributed by atoms with Crippen LogP contribution in [0, 0.1) is 11.7 Å². The first-order chi connectivity index (χ1) is 13.2. The molecule has 2 aliphatic rings. The Labute approximate surface area is 165 Å². The topological polar surface area (TPSA) is 82.7 Å². The maximum absolute atomic E-state index is 13.7. The molecule has 8 heteroatoms. The molecule has 2 unspecified atom stereocenters. The second-order valence-electron chi connectivity index (χ2n) is 8.46. The van der Waals surface area contributed by atoms with Gasteiger partial charge in [0, 0.05) is 19.1 Å². The Bertz CT molecular complexity index is 714. The summed E-state index contributed by atoms with van der Waals surface area (Å²) in [4.78, 5) is 26.3. The molecule has 2 amide bonds. The van der Waals surface area contributed by atoms with Crippen molar-refractivity contribution in [2.24, 2.45) is 5.92 Å². The molecule has 154 valence electrons. The fourth-order valence-corrected chi connectivity index (χ4v) is 3.66. The SMILES string of the molecule is CC(C)(C)OC(=O)N1CCC(C2CC(C(=O)Nc3ccccc3F)NN2)CC1. The van der Waals surface area contributed by atoms with E-state index in [4.69, 9.17) is 4.74 Å². The van der Waals surface area contributed by atoms with Gasteiger partial charge < -0.3 is 15.0 Å². The predicted octanol–water partition coefficient (Wildman–Crippen LogP) is 2.65. The summed E-state index contributed by atoms with van der Waals surface area (Å²) in [5.74, 6) is -0.350. The zero-order chi connectivity index (χ0) is 20.3. The van der Waals surface area contributed by atoms with Gasteiger partial charge in [-0.25, -0.2) is 14.6 Å². The fraction of sp³-hybridized carbons (Fsp3) is 0.600. The van der Waals surface area contributed by atoms with Crippen LogP contribution >= 0.6 is 0 Å². The Hall–Kier alpha value is -2.19. The highest BCUT2D eigenvalue weighted by Crippen LogP contribution is 2.26. The highest BCUT2D eigenvalue weighted by molar-refractivity contribution is 5.95. The van der Waals surface area contributed by atoms with E-state index < -0.39 is 17.5 Å². The number of halogens is 1. The Morgan fingerprint density at radius 1 is 1.18 bits per heavy atom. The molecule has 0 saturated carbocycles. The normalized spacial score (nSPS) is 23.5. The summed E-state index contributed by atoms with van der Waals surface area (Å²) in [6, 6.07) is 5.84. The third-order valence-corrected chi connectivity index (χ3v) is 5.14. The van der Waals surface area contributed by atoms with Crippen molar-refractivity contribution in [1.82, 2.24) is 15.8 Å². The van der Waals surface area contributed by atoms with Gasteiger partial charge in [0.15, 0.2) is 0 Å². The molecule has 0 bridgehead atoms. The Balaban J connectivity index is 1.47. The lowest BCUT2D eigenvalue weighted by atomic mass is 9.87. The molecule has 7 nitrogen and oxygen atoms in total. The molecule has 0 aromatic heterocycles. The van der Waals surface area contributed by atoms with Crippen LogP contribution in [-0.4, -0.2) is 47.7 Å². The van der Waals surface area contributed by atoms with Crippen LogP contribution in [0.15, 0.2) is 24.3 Å². The lowest BCUT2D eigenvalue weighted by Gasteiger charge is -2.35. The van der Waals surface area contributed by atoms with Gasteiger partial charge in [0.05, 0.1) is 5.69 Å². The highest BCUT2D eigenvalue weighted by Gasteiger charge is 2.36. The van der Waals surface area contributed by atoms with Crippen LogP contribution < -0.4 is 16.2 Å². The Morgan fingerprint density at radius 2 is 1.86 bits per heavy atom. The van der Waals surface area contributed by atoms with Crippen LogP contribution in [0.3, 0.4) is 0 Å². The van der Waals surface area contributed by atoms with Gasteiger partial charge in [-0.15, -0.1) is 0 Å². The molecule has 2 atom stereocenters. The van der Waals surface area contributed by atoms with Crippen molar-refractivity contribution in [2.45, 2.75) is 57.7 Å². The average molecular weight is 392 g/mol. The van der Waals surface area contributed by atoms with Crippen molar-refractivity contribution in [1.29, 1.82) is 0 Å². The number of para-hydroxylation sites is 1. The van der Waals surface area contributed by atoms with Crippen LogP contribution in [0.2, 0.25) is 0 Å². The average Bonchev–Trinajstić information content (AvgIpc) is 3.12. The van der Waals surface area contributed by atoms with Crippen molar-refractivity contribution in [3.05, 3.63) is 30.1 Å². The third-order valence-electron chi connectivity index (χ3n) is 5.14. The molecule has 0 spiro atoms. The number of benzene rings is 1. The van der Waals surface area contributed by atoms with E-state index in [1.54, 1.807) is 23.1 Å². The number of piperidine rings is 1. The number of nitrogens with zero attached hydrogens (tertiary/aromatic N) is 1. The molecule has 2 fully saturated rings. The number of likely N-dealkylation sites (tertiary alicyclic amines) is 1. The standard InChI is InChI=1S/C20H29FN4O3/c1-20(2,3)28-19(27)25-10-8-13(9-11-25)16-12-17(24-23-16)18(26)22-15-7-5-4-6-14(15)21/h4-7,13,16-17,23-24H,8-12H2,1-3H3,(H,22,26). The Morgan fingerprint density at radius 3 is 2.50 bits per heavy atom. The molecular formula is C20H29FN4O3. The summed E-state index contributed by atoms with van der Waals surface area (Å²) in [7, 11) is 0. The first-order valence-corrected chi connectivity index (χ1v) is 9.77. The van der Waals surface area contributed by atoms with Gasteiger partial charge in [0.25, 0.3) is 0 Å². The Kier molecular flexibility index (Phi) is 6.20. The quantitative estimate of drug-likeness (QED) is 0.737. The molecule has 2 saturated heterocycles. The van der Waals surface area contributed by atoms with Gasteiger partial charge >= 0.3 is 6.09 Å². The van der Waals surface area contributed by atoms with Crippen LogP contribution in [0.25, 0.3) is 0 Å². The monoisotopic (exact) mass is 392 g/mol. The maximum atomic E-state index is 13.7. The maximum Gasteiger partial charge on any atom is 0.410 e. The van der Waals surface area contributed by atoms with Gasteiger partial charge in [0.2, 0.25) is 5.91 Å². The molecule has 1 aromatic carbocycles. The van der Waals surface area contributed by atoms with E-state index in [9.17, 15) is 14.0 Å². The predicted molar refractivity (Wildman–Crippen MR) is 104 cm³/mol. The number of amides is 2. The number of nitrogens with one attached hydrogen (secondary N) is 3. The van der Waals surface area contributed by atoms with E-state index in [2.05, 4.69) is 16.2 Å². The van der Waals surface area contributed by atoms with Crippen molar-refractivity contribution in [2.75, 3.05) is 18.4 Å². The molecular weight excluding hydrogens is 363 g/mol. The first-order valence-electron chi connectivity index (χ1n) is 9.77. The van der Waals surface area contributed by atoms with E-state index in [0.717, 1.165) is 12.8 Å². The highest BCUT2D eigenvalue weighted by atomic mass is 19.1. The minimum atomic E-state index is -0.496. The summed E-state index contributed by atoms with van der Waals surface area (Å²) >= 11 is 0. The van der Waals surface area contributed by atoms with Crippen molar-refractivity contribution < 1.29 is 18.7 Å². The number of carbonyl (C=O) groups is 2. The zero-order valence-electron chi connectivity index (χ0n) is 16.6. The molecule has 0 radical (unpaired) electrons. The summed E-state index contributed by atoms with van der Waals surface area (Å²) in [5, 5.41) is 2.63. The minimum Gasteiger partial charge on any atom is -0.444 e. The lowest BCUT2D eigenvalue weighted by molar-refractivity contribution is -0.117. The first kappa shape index (κ1) is 20.5. The van der Waals surface area contributed by atoms with Crippen molar-refractivity contribution in [3.63, 3.8) is 0 Å². The number of hydrogen-bond donors (Lipinski definition) is 3. The minimum absolute atomic E-state index is 0.136. The van der Waals surface area contributed by atoms with Gasteiger partial charge in [-0.05, 0) is 58.1 Å². The van der Waals surface area contributed by atoms with Gasteiger partial charge in [0.1, 0.15) is 17.5 Å². The van der Waals surface area contributed by atoms with Gasteiger partial charge in [-0.2, -0.15) is 0 Å². The molecule has 3 N–H and O–H groups in total. The van der Waals surface area contributed by atoms with E-state index in [1.807, 2.05) is 20.8 Å². The van der Waals surface area contributed by atoms with E-state index >= 15 is 0 Å².